The number of rotatable bonds is 6. The molecule has 0 aliphatic carbocycles. The number of hydrogen-bond donors (Lipinski definition) is 1. The second-order valence-electron chi connectivity index (χ2n) is 4.18. The lowest BCUT2D eigenvalue weighted by Gasteiger charge is -2.18. The fourth-order valence-corrected chi connectivity index (χ4v) is 2.08. The molecule has 2 nitrogen and oxygen atoms in total. The van der Waals surface area contributed by atoms with Gasteiger partial charge < -0.3 is 10.2 Å². The summed E-state index contributed by atoms with van der Waals surface area (Å²) in [5.74, 6) is 1.79. The van der Waals surface area contributed by atoms with Gasteiger partial charge in [0.2, 0.25) is 0 Å². The van der Waals surface area contributed by atoms with E-state index in [4.69, 9.17) is 10.2 Å². The second-order valence-corrected chi connectivity index (χ2v) is 4.18. The molecule has 1 atom stereocenters. The van der Waals surface area contributed by atoms with E-state index in [1.54, 1.807) is 6.26 Å². The summed E-state index contributed by atoms with van der Waals surface area (Å²) in [6.45, 7) is 6.57. The molecule has 0 aromatic carbocycles. The molecule has 2 heteroatoms. The molecule has 1 heterocycles. The molecule has 2 N–H and O–H groups in total. The van der Waals surface area contributed by atoms with Crippen LogP contribution in [0.3, 0.4) is 0 Å². The van der Waals surface area contributed by atoms with Gasteiger partial charge in [0.1, 0.15) is 5.76 Å². The number of hydrogen-bond acceptors (Lipinski definition) is 2. The Morgan fingerprint density at radius 1 is 1.27 bits per heavy atom. The van der Waals surface area contributed by atoms with Crippen molar-refractivity contribution in [2.24, 2.45) is 11.7 Å². The smallest absolute Gasteiger partial charge is 0.108 e. The van der Waals surface area contributed by atoms with Crippen LogP contribution >= 0.6 is 0 Å². The topological polar surface area (TPSA) is 39.2 Å². The minimum absolute atomic E-state index is 0.142. The molecular weight excluding hydrogens is 186 g/mol. The van der Waals surface area contributed by atoms with Crippen LogP contribution in [0.15, 0.2) is 16.7 Å². The van der Waals surface area contributed by atoms with Crippen molar-refractivity contribution >= 4 is 0 Å². The van der Waals surface area contributed by atoms with Crippen molar-refractivity contribution in [3.8, 4) is 0 Å². The fourth-order valence-electron chi connectivity index (χ4n) is 2.08. The van der Waals surface area contributed by atoms with Gasteiger partial charge in [-0.15, -0.1) is 0 Å². The van der Waals surface area contributed by atoms with Crippen LogP contribution in [0.1, 0.15) is 57.4 Å². The van der Waals surface area contributed by atoms with Gasteiger partial charge in [0.05, 0.1) is 6.26 Å². The first kappa shape index (κ1) is 12.3. The second kappa shape index (κ2) is 5.96. The summed E-state index contributed by atoms with van der Waals surface area (Å²) in [5.41, 5.74) is 7.41. The highest BCUT2D eigenvalue weighted by atomic mass is 16.3. The van der Waals surface area contributed by atoms with Gasteiger partial charge in [-0.1, -0.05) is 33.6 Å². The third kappa shape index (κ3) is 3.10. The Morgan fingerprint density at radius 3 is 2.47 bits per heavy atom. The summed E-state index contributed by atoms with van der Waals surface area (Å²) < 4.78 is 5.40. The maximum atomic E-state index is 6.21. The highest BCUT2D eigenvalue weighted by Crippen LogP contribution is 2.26. The molecule has 1 aromatic rings. The summed E-state index contributed by atoms with van der Waals surface area (Å²) in [4.78, 5) is 0. The summed E-state index contributed by atoms with van der Waals surface area (Å²) >= 11 is 0. The minimum atomic E-state index is 0.142. The van der Waals surface area contributed by atoms with Crippen molar-refractivity contribution in [1.29, 1.82) is 0 Å². The van der Waals surface area contributed by atoms with E-state index in [2.05, 4.69) is 20.8 Å². The molecule has 86 valence electrons. The van der Waals surface area contributed by atoms with E-state index in [0.717, 1.165) is 24.5 Å². The standard InChI is InChI=1S/C13H23NO/c1-4-10(5-2)9-12(14)11-7-8-15-13(11)6-3/h7-8,10,12H,4-6,9,14H2,1-3H3. The molecule has 0 radical (unpaired) electrons. The van der Waals surface area contributed by atoms with Gasteiger partial charge in [-0.25, -0.2) is 0 Å². The summed E-state index contributed by atoms with van der Waals surface area (Å²) in [7, 11) is 0. The fraction of sp³-hybridized carbons (Fsp3) is 0.692. The predicted octanol–water partition coefficient (Wildman–Crippen LogP) is 3.67. The average Bonchev–Trinajstić information content (AvgIpc) is 2.73. The van der Waals surface area contributed by atoms with Crippen molar-refractivity contribution < 1.29 is 4.42 Å². The maximum absolute atomic E-state index is 6.21. The zero-order valence-corrected chi connectivity index (χ0v) is 10.1. The minimum Gasteiger partial charge on any atom is -0.469 e. The molecule has 0 aliphatic heterocycles. The van der Waals surface area contributed by atoms with Crippen molar-refractivity contribution in [1.82, 2.24) is 0 Å². The van der Waals surface area contributed by atoms with Crippen LogP contribution < -0.4 is 5.73 Å². The van der Waals surface area contributed by atoms with Crippen molar-refractivity contribution in [3.05, 3.63) is 23.7 Å². The summed E-state index contributed by atoms with van der Waals surface area (Å²) in [6, 6.07) is 2.16. The third-order valence-corrected chi connectivity index (χ3v) is 3.24. The van der Waals surface area contributed by atoms with Gasteiger partial charge in [-0.3, -0.25) is 0 Å². The normalized spacial score (nSPS) is 13.4. The van der Waals surface area contributed by atoms with Crippen LogP contribution in [0.2, 0.25) is 0 Å². The Morgan fingerprint density at radius 2 is 1.93 bits per heavy atom. The molecule has 0 aliphatic rings. The zero-order chi connectivity index (χ0) is 11.3. The van der Waals surface area contributed by atoms with Crippen LogP contribution in [0, 0.1) is 5.92 Å². The molecular formula is C13H23NO. The number of aryl methyl sites for hydroxylation is 1. The van der Waals surface area contributed by atoms with Gasteiger partial charge in [-0.2, -0.15) is 0 Å². The van der Waals surface area contributed by atoms with Crippen LogP contribution in [0.25, 0.3) is 0 Å². The first-order valence-electron chi connectivity index (χ1n) is 6.04. The van der Waals surface area contributed by atoms with Gasteiger partial charge >= 0.3 is 0 Å². The average molecular weight is 209 g/mol. The molecule has 15 heavy (non-hydrogen) atoms. The van der Waals surface area contributed by atoms with Crippen molar-refractivity contribution in [2.45, 2.75) is 52.5 Å². The predicted molar refractivity (Wildman–Crippen MR) is 63.7 cm³/mol. The van der Waals surface area contributed by atoms with Crippen molar-refractivity contribution in [3.63, 3.8) is 0 Å². The van der Waals surface area contributed by atoms with E-state index in [9.17, 15) is 0 Å². The highest BCUT2D eigenvalue weighted by molar-refractivity contribution is 5.21. The molecule has 0 fully saturated rings. The quantitative estimate of drug-likeness (QED) is 0.776. The van der Waals surface area contributed by atoms with E-state index in [1.165, 1.54) is 18.4 Å². The lowest BCUT2D eigenvalue weighted by Crippen LogP contribution is -2.15. The molecule has 0 bridgehead atoms. The number of furan rings is 1. The van der Waals surface area contributed by atoms with E-state index in [-0.39, 0.29) is 6.04 Å². The molecule has 0 saturated carbocycles. The molecule has 0 spiro atoms. The largest absolute Gasteiger partial charge is 0.469 e. The van der Waals surface area contributed by atoms with Crippen LogP contribution in [-0.4, -0.2) is 0 Å². The van der Waals surface area contributed by atoms with Gasteiger partial charge in [0.25, 0.3) is 0 Å². The van der Waals surface area contributed by atoms with E-state index >= 15 is 0 Å². The Bertz CT molecular complexity index is 276. The lowest BCUT2D eigenvalue weighted by molar-refractivity contribution is 0.409. The molecule has 0 saturated heterocycles. The van der Waals surface area contributed by atoms with Crippen LogP contribution in [0.4, 0.5) is 0 Å². The van der Waals surface area contributed by atoms with Gasteiger partial charge in [0, 0.05) is 18.0 Å². The third-order valence-electron chi connectivity index (χ3n) is 3.24. The maximum Gasteiger partial charge on any atom is 0.108 e. The summed E-state index contributed by atoms with van der Waals surface area (Å²) in [6.07, 6.45) is 6.17. The van der Waals surface area contributed by atoms with Crippen LogP contribution in [-0.2, 0) is 6.42 Å². The first-order chi connectivity index (χ1) is 7.22. The van der Waals surface area contributed by atoms with E-state index < -0.39 is 0 Å². The highest BCUT2D eigenvalue weighted by Gasteiger charge is 2.16. The van der Waals surface area contributed by atoms with Crippen molar-refractivity contribution in [2.75, 3.05) is 0 Å². The molecule has 1 aromatic heterocycles. The summed E-state index contributed by atoms with van der Waals surface area (Å²) in [5, 5.41) is 0. The van der Waals surface area contributed by atoms with Crippen LogP contribution in [0.5, 0.6) is 0 Å². The molecule has 0 amide bonds. The van der Waals surface area contributed by atoms with Gasteiger partial charge in [-0.05, 0) is 18.4 Å². The first-order valence-corrected chi connectivity index (χ1v) is 6.04. The van der Waals surface area contributed by atoms with E-state index in [0.29, 0.717) is 0 Å². The Hall–Kier alpha value is -0.760. The van der Waals surface area contributed by atoms with E-state index in [1.807, 2.05) is 6.07 Å². The van der Waals surface area contributed by atoms with Gasteiger partial charge in [0.15, 0.2) is 0 Å². The SMILES string of the molecule is CCc1occc1C(N)CC(CC)CC. The Balaban J connectivity index is 2.63. The number of nitrogens with two attached hydrogens (primary N) is 1. The lowest BCUT2D eigenvalue weighted by atomic mass is 9.91. The Kier molecular flexibility index (Phi) is 4.89. The Labute approximate surface area is 92.9 Å². The molecule has 1 unspecified atom stereocenters. The molecule has 1 rings (SSSR count). The monoisotopic (exact) mass is 209 g/mol. The zero-order valence-electron chi connectivity index (χ0n) is 10.1.